The van der Waals surface area contributed by atoms with E-state index in [2.05, 4.69) is 9.80 Å². The van der Waals surface area contributed by atoms with E-state index in [0.717, 1.165) is 57.3 Å². The number of aliphatic carboxylic acids is 1. The molecular formula is C17H24N2O4. The maximum absolute atomic E-state index is 10.7. The summed E-state index contributed by atoms with van der Waals surface area (Å²) < 4.78 is 11.3. The molecule has 126 valence electrons. The molecule has 2 fully saturated rings. The molecule has 2 aliphatic heterocycles. The van der Waals surface area contributed by atoms with Crippen molar-refractivity contribution in [2.45, 2.75) is 12.5 Å². The van der Waals surface area contributed by atoms with Gasteiger partial charge in [-0.25, -0.2) is 0 Å². The van der Waals surface area contributed by atoms with Gasteiger partial charge in [0.05, 0.1) is 19.6 Å². The number of fused-ring (bicyclic) bond motifs is 1. The van der Waals surface area contributed by atoms with Crippen LogP contribution in [0, 0.1) is 0 Å². The molecule has 0 aliphatic carbocycles. The molecule has 0 amide bonds. The molecule has 2 saturated heterocycles. The second-order valence-electron chi connectivity index (χ2n) is 6.13. The van der Waals surface area contributed by atoms with E-state index in [4.69, 9.17) is 14.6 Å². The number of carbonyl (C=O) groups is 1. The van der Waals surface area contributed by atoms with Crippen molar-refractivity contribution in [3.05, 3.63) is 29.8 Å². The number of carboxylic acid groups (broad SMARTS) is 1. The molecule has 2 heterocycles. The normalized spacial score (nSPS) is 22.5. The Balaban J connectivity index is 1.40. The Bertz CT molecular complexity index is 520. The number of carboxylic acids is 1. The topological polar surface area (TPSA) is 62.2 Å². The predicted octanol–water partition coefficient (Wildman–Crippen LogP) is 0.709. The van der Waals surface area contributed by atoms with Crippen LogP contribution in [0.25, 0.3) is 0 Å². The number of rotatable bonds is 6. The zero-order valence-corrected chi connectivity index (χ0v) is 13.3. The van der Waals surface area contributed by atoms with Gasteiger partial charge in [0, 0.05) is 38.8 Å². The van der Waals surface area contributed by atoms with E-state index in [-0.39, 0.29) is 6.42 Å². The van der Waals surface area contributed by atoms with Gasteiger partial charge < -0.3 is 14.6 Å². The molecule has 0 bridgehead atoms. The molecule has 0 spiro atoms. The van der Waals surface area contributed by atoms with Gasteiger partial charge in [-0.15, -0.1) is 0 Å². The highest BCUT2D eigenvalue weighted by atomic mass is 16.5. The molecule has 0 aromatic heterocycles. The Kier molecular flexibility index (Phi) is 5.48. The minimum atomic E-state index is -0.815. The predicted molar refractivity (Wildman–Crippen MR) is 85.9 cm³/mol. The van der Waals surface area contributed by atoms with Gasteiger partial charge in [0.15, 0.2) is 0 Å². The first-order valence-corrected chi connectivity index (χ1v) is 8.18. The molecule has 0 radical (unpaired) electrons. The SMILES string of the molecule is O=C(O)Cc1ccc(OCCN2CCN3CCOC[C@@H]3C2)cc1. The van der Waals surface area contributed by atoms with Gasteiger partial charge in [-0.2, -0.15) is 0 Å². The molecule has 1 aromatic carbocycles. The highest BCUT2D eigenvalue weighted by Gasteiger charge is 2.29. The number of benzene rings is 1. The van der Waals surface area contributed by atoms with Gasteiger partial charge in [0.25, 0.3) is 0 Å². The minimum Gasteiger partial charge on any atom is -0.492 e. The first-order valence-electron chi connectivity index (χ1n) is 8.18. The van der Waals surface area contributed by atoms with Crippen molar-refractivity contribution in [3.8, 4) is 5.75 Å². The van der Waals surface area contributed by atoms with Crippen LogP contribution in [0.1, 0.15) is 5.56 Å². The second-order valence-corrected chi connectivity index (χ2v) is 6.13. The standard InChI is InChI=1S/C17H24N2O4/c20-17(21)11-14-1-3-16(4-2-14)23-10-7-18-5-6-19-8-9-22-13-15(19)12-18/h1-4,15H,5-13H2,(H,20,21)/t15-/m0/s1. The zero-order chi connectivity index (χ0) is 16.1. The molecule has 1 N–H and O–H groups in total. The molecule has 23 heavy (non-hydrogen) atoms. The smallest absolute Gasteiger partial charge is 0.307 e. The van der Waals surface area contributed by atoms with Crippen LogP contribution in [-0.4, -0.2) is 79.5 Å². The van der Waals surface area contributed by atoms with Gasteiger partial charge >= 0.3 is 5.97 Å². The first kappa shape index (κ1) is 16.2. The fourth-order valence-corrected chi connectivity index (χ4v) is 3.18. The maximum Gasteiger partial charge on any atom is 0.307 e. The van der Waals surface area contributed by atoms with Crippen LogP contribution in [-0.2, 0) is 16.0 Å². The van der Waals surface area contributed by atoms with Crippen LogP contribution in [0.15, 0.2) is 24.3 Å². The molecule has 0 unspecified atom stereocenters. The van der Waals surface area contributed by atoms with Crippen molar-refractivity contribution in [1.29, 1.82) is 0 Å². The van der Waals surface area contributed by atoms with E-state index in [1.54, 1.807) is 0 Å². The number of nitrogens with zero attached hydrogens (tertiary/aromatic N) is 2. The molecule has 6 nitrogen and oxygen atoms in total. The van der Waals surface area contributed by atoms with Crippen molar-refractivity contribution >= 4 is 5.97 Å². The number of piperazine rings is 1. The van der Waals surface area contributed by atoms with Crippen molar-refractivity contribution in [1.82, 2.24) is 9.80 Å². The van der Waals surface area contributed by atoms with Crippen molar-refractivity contribution in [2.75, 3.05) is 52.5 Å². The molecule has 2 aliphatic rings. The molecule has 1 atom stereocenters. The second kappa shape index (κ2) is 7.77. The number of ether oxygens (including phenoxy) is 2. The largest absolute Gasteiger partial charge is 0.492 e. The fraction of sp³-hybridized carbons (Fsp3) is 0.588. The van der Waals surface area contributed by atoms with E-state index in [0.29, 0.717) is 12.6 Å². The quantitative estimate of drug-likeness (QED) is 0.833. The van der Waals surface area contributed by atoms with E-state index >= 15 is 0 Å². The summed E-state index contributed by atoms with van der Waals surface area (Å²) in [5.41, 5.74) is 0.790. The lowest BCUT2D eigenvalue weighted by Crippen LogP contribution is -2.58. The van der Waals surface area contributed by atoms with Crippen molar-refractivity contribution < 1.29 is 19.4 Å². The van der Waals surface area contributed by atoms with Gasteiger partial charge in [0.2, 0.25) is 0 Å². The third-order valence-electron chi connectivity index (χ3n) is 4.48. The summed E-state index contributed by atoms with van der Waals surface area (Å²) in [6.07, 6.45) is 0.0496. The van der Waals surface area contributed by atoms with Crippen LogP contribution in [0.4, 0.5) is 0 Å². The zero-order valence-electron chi connectivity index (χ0n) is 13.3. The highest BCUT2D eigenvalue weighted by molar-refractivity contribution is 5.70. The third kappa shape index (κ3) is 4.67. The summed E-state index contributed by atoms with van der Waals surface area (Å²) in [5, 5.41) is 8.76. The minimum absolute atomic E-state index is 0.0496. The summed E-state index contributed by atoms with van der Waals surface area (Å²) in [7, 11) is 0. The summed E-state index contributed by atoms with van der Waals surface area (Å²) in [6.45, 7) is 7.53. The van der Waals surface area contributed by atoms with E-state index in [1.165, 1.54) is 0 Å². The van der Waals surface area contributed by atoms with Crippen LogP contribution in [0.3, 0.4) is 0 Å². The summed E-state index contributed by atoms with van der Waals surface area (Å²) >= 11 is 0. The van der Waals surface area contributed by atoms with Crippen molar-refractivity contribution in [3.63, 3.8) is 0 Å². The van der Waals surface area contributed by atoms with Crippen LogP contribution in [0.2, 0.25) is 0 Å². The van der Waals surface area contributed by atoms with Gasteiger partial charge in [-0.05, 0) is 17.7 Å². The number of hydrogen-bond donors (Lipinski definition) is 1. The van der Waals surface area contributed by atoms with Gasteiger partial charge in [0.1, 0.15) is 12.4 Å². The lowest BCUT2D eigenvalue weighted by Gasteiger charge is -2.43. The van der Waals surface area contributed by atoms with Gasteiger partial charge in [-0.1, -0.05) is 12.1 Å². The molecular weight excluding hydrogens is 296 g/mol. The molecule has 6 heteroatoms. The van der Waals surface area contributed by atoms with E-state index < -0.39 is 5.97 Å². The fourth-order valence-electron chi connectivity index (χ4n) is 3.18. The van der Waals surface area contributed by atoms with Crippen molar-refractivity contribution in [2.24, 2.45) is 0 Å². The lowest BCUT2D eigenvalue weighted by atomic mass is 10.1. The highest BCUT2D eigenvalue weighted by Crippen LogP contribution is 2.15. The average molecular weight is 320 g/mol. The Morgan fingerprint density at radius 1 is 1.26 bits per heavy atom. The average Bonchev–Trinajstić information content (AvgIpc) is 2.56. The van der Waals surface area contributed by atoms with Crippen LogP contribution < -0.4 is 4.74 Å². The first-order chi connectivity index (χ1) is 11.2. The third-order valence-corrected chi connectivity index (χ3v) is 4.48. The summed E-state index contributed by atoms with van der Waals surface area (Å²) in [6, 6.07) is 7.81. The Morgan fingerprint density at radius 2 is 2.09 bits per heavy atom. The van der Waals surface area contributed by atoms with Crippen LogP contribution >= 0.6 is 0 Å². The monoisotopic (exact) mass is 320 g/mol. The Hall–Kier alpha value is -1.63. The van der Waals surface area contributed by atoms with Gasteiger partial charge in [-0.3, -0.25) is 14.6 Å². The van der Waals surface area contributed by atoms with E-state index in [9.17, 15) is 4.79 Å². The van der Waals surface area contributed by atoms with Crippen LogP contribution in [0.5, 0.6) is 5.75 Å². The van der Waals surface area contributed by atoms with E-state index in [1.807, 2.05) is 24.3 Å². The molecule has 0 saturated carbocycles. The summed E-state index contributed by atoms with van der Waals surface area (Å²) in [5.74, 6) is -0.0247. The molecule has 1 aromatic rings. The maximum atomic E-state index is 10.7. The molecule has 3 rings (SSSR count). The Morgan fingerprint density at radius 3 is 2.87 bits per heavy atom. The Labute approximate surface area is 136 Å². The number of hydrogen-bond acceptors (Lipinski definition) is 5. The number of morpholine rings is 1. The summed E-state index contributed by atoms with van der Waals surface area (Å²) in [4.78, 5) is 15.6. The lowest BCUT2D eigenvalue weighted by molar-refractivity contribution is -0.136.